The summed E-state index contributed by atoms with van der Waals surface area (Å²) in [6.07, 6.45) is 28.7. The fraction of sp³-hybridized carbons (Fsp3) is 0.500. The Labute approximate surface area is 171 Å². The van der Waals surface area contributed by atoms with Crippen molar-refractivity contribution in [1.29, 1.82) is 0 Å². The zero-order chi connectivity index (χ0) is 20.9. The predicted molar refractivity (Wildman–Crippen MR) is 118 cm³/mol. The van der Waals surface area contributed by atoms with Crippen molar-refractivity contribution in [2.75, 3.05) is 7.11 Å². The molecule has 0 aliphatic rings. The van der Waals surface area contributed by atoms with Crippen LogP contribution in [0, 0.1) is 0 Å². The second-order valence-corrected chi connectivity index (χ2v) is 6.41. The summed E-state index contributed by atoms with van der Waals surface area (Å²) in [7, 11) is 1.31. The predicted octanol–water partition coefficient (Wildman–Crippen LogP) is 5.59. The van der Waals surface area contributed by atoms with Crippen LogP contribution in [0.4, 0.5) is 0 Å². The molecule has 156 valence electrons. The van der Waals surface area contributed by atoms with E-state index in [2.05, 4.69) is 77.7 Å². The van der Waals surface area contributed by atoms with E-state index in [1.54, 1.807) is 6.92 Å². The second kappa shape index (κ2) is 19.4. The first kappa shape index (κ1) is 25.6. The fourth-order valence-corrected chi connectivity index (χ4v) is 2.30. The lowest BCUT2D eigenvalue weighted by atomic mass is 10.2. The Morgan fingerprint density at radius 3 is 1.75 bits per heavy atom. The zero-order valence-corrected chi connectivity index (χ0v) is 17.7. The quantitative estimate of drug-likeness (QED) is 0.226. The number of ether oxygens (including phenoxy) is 1. The highest BCUT2D eigenvalue weighted by molar-refractivity contribution is 5.83. The van der Waals surface area contributed by atoms with Gasteiger partial charge in [-0.3, -0.25) is 4.79 Å². The Hall–Kier alpha value is -2.36. The maximum absolute atomic E-state index is 11.7. The maximum Gasteiger partial charge on any atom is 0.328 e. The first-order chi connectivity index (χ1) is 13.6. The van der Waals surface area contributed by atoms with Gasteiger partial charge in [0.25, 0.3) is 0 Å². The third-order valence-electron chi connectivity index (χ3n) is 3.86. The summed E-state index contributed by atoms with van der Waals surface area (Å²) < 4.78 is 4.57. The summed E-state index contributed by atoms with van der Waals surface area (Å²) in [6.45, 7) is 3.76. The SMILES string of the molecule is CC/C=C\C/C=C\C/C=C\C/C=C\C/C=C\CCCC(=O)NC(C)C(=O)OC. The number of allylic oxidation sites excluding steroid dienone is 10. The van der Waals surface area contributed by atoms with Crippen LogP contribution in [0.25, 0.3) is 0 Å². The molecule has 1 amide bonds. The Morgan fingerprint density at radius 1 is 0.821 bits per heavy atom. The van der Waals surface area contributed by atoms with Crippen LogP contribution in [-0.4, -0.2) is 25.0 Å². The lowest BCUT2D eigenvalue weighted by molar-refractivity contribution is -0.144. The van der Waals surface area contributed by atoms with E-state index in [0.29, 0.717) is 6.42 Å². The van der Waals surface area contributed by atoms with Crippen LogP contribution in [-0.2, 0) is 14.3 Å². The van der Waals surface area contributed by atoms with Crippen LogP contribution in [0.1, 0.15) is 65.2 Å². The van der Waals surface area contributed by atoms with Crippen LogP contribution in [0.2, 0.25) is 0 Å². The van der Waals surface area contributed by atoms with Gasteiger partial charge in [0, 0.05) is 6.42 Å². The highest BCUT2D eigenvalue weighted by atomic mass is 16.5. The van der Waals surface area contributed by atoms with Gasteiger partial charge in [0.1, 0.15) is 6.04 Å². The van der Waals surface area contributed by atoms with Gasteiger partial charge in [-0.1, -0.05) is 67.7 Å². The molecule has 0 aliphatic carbocycles. The lowest BCUT2D eigenvalue weighted by Gasteiger charge is -2.10. The largest absolute Gasteiger partial charge is 0.467 e. The molecule has 1 atom stereocenters. The Balaban J connectivity index is 3.63. The highest BCUT2D eigenvalue weighted by Gasteiger charge is 2.14. The van der Waals surface area contributed by atoms with Gasteiger partial charge in [-0.05, 0) is 51.9 Å². The van der Waals surface area contributed by atoms with Crippen LogP contribution < -0.4 is 5.32 Å². The number of carbonyl (C=O) groups is 2. The van der Waals surface area contributed by atoms with Gasteiger partial charge in [-0.2, -0.15) is 0 Å². The van der Waals surface area contributed by atoms with E-state index in [1.165, 1.54) is 7.11 Å². The van der Waals surface area contributed by atoms with Gasteiger partial charge in [0.05, 0.1) is 7.11 Å². The number of rotatable bonds is 15. The molecule has 1 unspecified atom stereocenters. The van der Waals surface area contributed by atoms with Gasteiger partial charge >= 0.3 is 5.97 Å². The summed E-state index contributed by atoms with van der Waals surface area (Å²) in [5.41, 5.74) is 0. The molecule has 0 aliphatic heterocycles. The maximum atomic E-state index is 11.7. The van der Waals surface area contributed by atoms with E-state index in [4.69, 9.17) is 0 Å². The number of esters is 1. The minimum absolute atomic E-state index is 0.120. The Bertz CT molecular complexity index is 556. The summed E-state index contributed by atoms with van der Waals surface area (Å²) in [6, 6.07) is -0.591. The molecule has 28 heavy (non-hydrogen) atoms. The molecule has 0 aromatic carbocycles. The van der Waals surface area contributed by atoms with Crippen LogP contribution in [0.3, 0.4) is 0 Å². The van der Waals surface area contributed by atoms with E-state index in [-0.39, 0.29) is 5.91 Å². The number of nitrogens with one attached hydrogen (secondary N) is 1. The molecule has 0 saturated carbocycles. The first-order valence-corrected chi connectivity index (χ1v) is 10.2. The van der Waals surface area contributed by atoms with Crippen molar-refractivity contribution < 1.29 is 14.3 Å². The smallest absolute Gasteiger partial charge is 0.328 e. The van der Waals surface area contributed by atoms with Gasteiger partial charge in [0.15, 0.2) is 0 Å². The number of hydrogen-bond acceptors (Lipinski definition) is 3. The molecule has 0 radical (unpaired) electrons. The summed E-state index contributed by atoms with van der Waals surface area (Å²) >= 11 is 0. The molecule has 0 heterocycles. The Morgan fingerprint density at radius 2 is 1.29 bits per heavy atom. The number of carbonyl (C=O) groups excluding carboxylic acids is 2. The minimum Gasteiger partial charge on any atom is -0.467 e. The molecule has 0 spiro atoms. The number of hydrogen-bond donors (Lipinski definition) is 1. The van der Waals surface area contributed by atoms with Crippen molar-refractivity contribution in [3.63, 3.8) is 0 Å². The molecular weight excluding hydrogens is 350 g/mol. The van der Waals surface area contributed by atoms with Crippen molar-refractivity contribution in [2.45, 2.75) is 71.3 Å². The standard InChI is InChI=1S/C24H37NO3/c1-4-5-6-7-8-9-10-11-12-13-14-15-16-17-18-19-20-21-23(26)25-22(2)24(27)28-3/h5-6,8-9,11-12,14-15,17-18,22H,4,7,10,13,16,19-21H2,1-3H3,(H,25,26)/b6-5-,9-8-,12-11-,15-14-,18-17-. The molecule has 0 saturated heterocycles. The Kier molecular flexibility index (Phi) is 17.8. The molecule has 0 rings (SSSR count). The van der Waals surface area contributed by atoms with Crippen molar-refractivity contribution in [1.82, 2.24) is 5.32 Å². The van der Waals surface area contributed by atoms with Crippen molar-refractivity contribution in [3.8, 4) is 0 Å². The second-order valence-electron chi connectivity index (χ2n) is 6.41. The number of amides is 1. The van der Waals surface area contributed by atoms with Gasteiger partial charge < -0.3 is 10.1 Å². The summed E-state index contributed by atoms with van der Waals surface area (Å²) in [5, 5.41) is 2.62. The van der Waals surface area contributed by atoms with Crippen LogP contribution in [0.15, 0.2) is 60.8 Å². The molecule has 0 bridgehead atoms. The average molecular weight is 388 g/mol. The molecule has 0 aromatic heterocycles. The molecule has 4 heteroatoms. The molecular formula is C24H37NO3. The molecule has 0 aromatic rings. The third-order valence-corrected chi connectivity index (χ3v) is 3.86. The topological polar surface area (TPSA) is 55.4 Å². The van der Waals surface area contributed by atoms with Gasteiger partial charge in [-0.25, -0.2) is 4.79 Å². The highest BCUT2D eigenvalue weighted by Crippen LogP contribution is 2.00. The normalized spacial score (nSPS) is 13.4. The van der Waals surface area contributed by atoms with E-state index >= 15 is 0 Å². The number of unbranched alkanes of at least 4 members (excludes halogenated alkanes) is 1. The van der Waals surface area contributed by atoms with Crippen LogP contribution in [0.5, 0.6) is 0 Å². The van der Waals surface area contributed by atoms with Gasteiger partial charge in [0.2, 0.25) is 5.91 Å². The summed E-state index contributed by atoms with van der Waals surface area (Å²) in [5.74, 6) is -0.545. The van der Waals surface area contributed by atoms with E-state index in [0.717, 1.165) is 44.9 Å². The van der Waals surface area contributed by atoms with Crippen molar-refractivity contribution >= 4 is 11.9 Å². The van der Waals surface area contributed by atoms with E-state index in [1.807, 2.05) is 0 Å². The zero-order valence-electron chi connectivity index (χ0n) is 17.7. The molecule has 0 fully saturated rings. The molecule has 4 nitrogen and oxygen atoms in total. The van der Waals surface area contributed by atoms with E-state index in [9.17, 15) is 9.59 Å². The van der Waals surface area contributed by atoms with Crippen molar-refractivity contribution in [2.24, 2.45) is 0 Å². The average Bonchev–Trinajstić information content (AvgIpc) is 2.69. The monoisotopic (exact) mass is 387 g/mol. The lowest BCUT2D eigenvalue weighted by Crippen LogP contribution is -2.38. The fourth-order valence-electron chi connectivity index (χ4n) is 2.30. The van der Waals surface area contributed by atoms with Crippen LogP contribution >= 0.6 is 0 Å². The first-order valence-electron chi connectivity index (χ1n) is 10.2. The molecule has 1 N–H and O–H groups in total. The number of methoxy groups -OCH3 is 1. The third kappa shape index (κ3) is 17.1. The summed E-state index contributed by atoms with van der Waals surface area (Å²) in [4.78, 5) is 22.9. The van der Waals surface area contributed by atoms with E-state index < -0.39 is 12.0 Å². The van der Waals surface area contributed by atoms with Crippen molar-refractivity contribution in [3.05, 3.63) is 60.8 Å². The minimum atomic E-state index is -0.591. The van der Waals surface area contributed by atoms with Gasteiger partial charge in [-0.15, -0.1) is 0 Å².